The number of piperidine rings is 1. The highest BCUT2D eigenvalue weighted by molar-refractivity contribution is 6.07. The largest absolute Gasteiger partial charge is 0.453 e. The van der Waals surface area contributed by atoms with Gasteiger partial charge in [0.25, 0.3) is 5.91 Å². The van der Waals surface area contributed by atoms with Gasteiger partial charge in [0.2, 0.25) is 5.91 Å². The van der Waals surface area contributed by atoms with Crippen LogP contribution in [0.3, 0.4) is 0 Å². The Morgan fingerprint density at radius 3 is 2.24 bits per heavy atom. The van der Waals surface area contributed by atoms with Crippen molar-refractivity contribution >= 4 is 68.5 Å². The van der Waals surface area contributed by atoms with Crippen molar-refractivity contribution in [3.05, 3.63) is 108 Å². The molecule has 7 atom stereocenters. The van der Waals surface area contributed by atoms with E-state index >= 15 is 0 Å². The minimum absolute atomic E-state index is 0.0691. The average molecular weight is 907 g/mol. The maximum Gasteiger partial charge on any atom is 0.407 e. The topological polar surface area (TPSA) is 180 Å². The zero-order valence-electron chi connectivity index (χ0n) is 38.7. The minimum Gasteiger partial charge on any atom is -0.453 e. The van der Waals surface area contributed by atoms with Crippen molar-refractivity contribution in [2.24, 2.45) is 22.7 Å². The third-order valence-corrected chi connectivity index (χ3v) is 13.9. The lowest BCUT2D eigenvalue weighted by Gasteiger charge is -2.37. The average Bonchev–Trinajstić information content (AvgIpc) is 4.17. The molecule has 0 radical (unpaired) electrons. The number of H-pyrrole nitrogens is 1. The third-order valence-electron chi connectivity index (χ3n) is 13.9. The van der Waals surface area contributed by atoms with Gasteiger partial charge in [0.1, 0.15) is 24.1 Å². The van der Waals surface area contributed by atoms with Crippen molar-refractivity contribution < 1.29 is 33.4 Å². The Labute approximate surface area is 389 Å². The molecule has 2 aliphatic heterocycles. The first-order chi connectivity index (χ1) is 32.5. The van der Waals surface area contributed by atoms with E-state index in [0.29, 0.717) is 25.1 Å². The molecular weight excluding hydrogens is 849 g/mol. The first kappa shape index (κ1) is 45.2. The summed E-state index contributed by atoms with van der Waals surface area (Å²) in [6, 6.07) is 28.6. The Balaban J connectivity index is 0.969. The van der Waals surface area contributed by atoms with Gasteiger partial charge in [0.15, 0.2) is 0 Å². The number of carbonyl (C=O) groups excluding carboxylic acids is 4. The van der Waals surface area contributed by atoms with Crippen LogP contribution in [0.15, 0.2) is 96.0 Å². The van der Waals surface area contributed by atoms with Crippen LogP contribution in [0.1, 0.15) is 68.6 Å². The molecule has 3 fully saturated rings. The highest BCUT2D eigenvalue weighted by Gasteiger charge is 2.51. The number of carbonyl (C=O) groups is 4. The molecule has 2 saturated heterocycles. The number of aromatic amines is 1. The van der Waals surface area contributed by atoms with Gasteiger partial charge in [-0.1, -0.05) is 86.6 Å². The molecule has 15 heteroatoms. The number of hydrogen-bond donors (Lipinski definition) is 4. The Morgan fingerprint density at radius 2 is 1.54 bits per heavy atom. The lowest BCUT2D eigenvalue weighted by molar-refractivity contribution is -0.139. The van der Waals surface area contributed by atoms with Gasteiger partial charge in [-0.25, -0.2) is 14.6 Å². The second-order valence-electron chi connectivity index (χ2n) is 18.3. The van der Waals surface area contributed by atoms with Gasteiger partial charge in [0, 0.05) is 55.2 Å². The molecule has 1 aliphatic carbocycles. The standard InChI is InChI=1S/C52H58N8O7/c1-29(2)43(57-51(63)66-5)50(62)60-38-18-14-36(25-38)47(60)48-55-41-21-17-35-24-33(16-20-40(35)46(41)56-48)32-15-19-39-34(23-32)12-13-37(44(39)53-3)26-54-42-22-30(28-65-4)27-59(42)49(61)45(58-52(64)67-6)31-10-8-7-9-11-31/h7-13,15-17,19-21,23-24,26,29-30,36,38,42-43,45,47,53H,14,18,22,25,27-28H2,1-6H3,(H,55,56)(H,57,63)(H,58,64)/b54-26+/t30-,36+,38-,42-,43-,45+,47-/m0/s1. The molecule has 1 saturated carbocycles. The van der Waals surface area contributed by atoms with Crippen LogP contribution in [-0.4, -0.2) is 110 Å². The second kappa shape index (κ2) is 19.1. The van der Waals surface area contributed by atoms with E-state index in [1.807, 2.05) is 74.5 Å². The Morgan fingerprint density at radius 1 is 0.836 bits per heavy atom. The van der Waals surface area contributed by atoms with Crippen molar-refractivity contribution in [2.75, 3.05) is 46.8 Å². The van der Waals surface area contributed by atoms with E-state index in [1.54, 1.807) is 12.0 Å². The van der Waals surface area contributed by atoms with Crippen LogP contribution in [-0.2, 0) is 23.8 Å². The van der Waals surface area contributed by atoms with E-state index in [0.717, 1.165) is 80.0 Å². The third kappa shape index (κ3) is 8.75. The number of aromatic nitrogens is 2. The number of likely N-dealkylation sites (tertiary alicyclic amines) is 2. The van der Waals surface area contributed by atoms with Crippen LogP contribution in [0, 0.1) is 17.8 Å². The number of benzene rings is 5. The van der Waals surface area contributed by atoms with Gasteiger partial charge in [0.05, 0.1) is 43.6 Å². The highest BCUT2D eigenvalue weighted by atomic mass is 16.5. The highest BCUT2D eigenvalue weighted by Crippen LogP contribution is 2.50. The zero-order chi connectivity index (χ0) is 46.9. The molecule has 0 unspecified atom stereocenters. The summed E-state index contributed by atoms with van der Waals surface area (Å²) in [4.78, 5) is 70.5. The predicted octanol–water partition coefficient (Wildman–Crippen LogP) is 8.35. The van der Waals surface area contributed by atoms with Crippen molar-refractivity contribution in [3.63, 3.8) is 0 Å². The van der Waals surface area contributed by atoms with Crippen LogP contribution in [0.25, 0.3) is 43.7 Å². The summed E-state index contributed by atoms with van der Waals surface area (Å²) in [7, 11) is 6.13. The lowest BCUT2D eigenvalue weighted by atomic mass is 9.95. The fourth-order valence-corrected chi connectivity index (χ4v) is 10.7. The van der Waals surface area contributed by atoms with Gasteiger partial charge in [-0.05, 0) is 83.2 Å². The number of ether oxygens (including phenoxy) is 3. The monoisotopic (exact) mass is 906 g/mol. The van der Waals surface area contributed by atoms with Crippen molar-refractivity contribution in [3.8, 4) is 11.1 Å². The van der Waals surface area contributed by atoms with Gasteiger partial charge in [-0.15, -0.1) is 0 Å². The molecular formula is C52H58N8O7. The summed E-state index contributed by atoms with van der Waals surface area (Å²) in [5.74, 6) is 0.651. The molecule has 67 heavy (non-hydrogen) atoms. The van der Waals surface area contributed by atoms with Gasteiger partial charge >= 0.3 is 12.2 Å². The maximum atomic E-state index is 14.2. The molecule has 1 aromatic heterocycles. The number of rotatable bonds is 13. The summed E-state index contributed by atoms with van der Waals surface area (Å²) < 4.78 is 15.2. The molecule has 3 aliphatic rings. The van der Waals surface area contributed by atoms with Gasteiger partial charge in [-0.2, -0.15) is 0 Å². The Hall–Kier alpha value is -7.00. The number of aliphatic imine (C=N–C) groups is 1. The molecule has 6 aromatic rings. The van der Waals surface area contributed by atoms with Crippen LogP contribution in [0.4, 0.5) is 15.3 Å². The molecule has 4 N–H and O–H groups in total. The van der Waals surface area contributed by atoms with Crippen LogP contribution in [0.2, 0.25) is 0 Å². The molecule has 2 bridgehead atoms. The van der Waals surface area contributed by atoms with E-state index in [4.69, 9.17) is 24.2 Å². The van der Waals surface area contributed by atoms with E-state index in [-0.39, 0.29) is 41.7 Å². The molecule has 0 spiro atoms. The summed E-state index contributed by atoms with van der Waals surface area (Å²) in [6.07, 6.45) is 3.54. The fourth-order valence-electron chi connectivity index (χ4n) is 10.7. The summed E-state index contributed by atoms with van der Waals surface area (Å²) in [5, 5.41) is 13.1. The molecule has 15 nitrogen and oxygen atoms in total. The van der Waals surface area contributed by atoms with E-state index in [1.165, 1.54) is 14.2 Å². The first-order valence-corrected chi connectivity index (χ1v) is 23.1. The van der Waals surface area contributed by atoms with E-state index < -0.39 is 30.4 Å². The normalized spacial score (nSPS) is 21.1. The van der Waals surface area contributed by atoms with Crippen molar-refractivity contribution in [1.29, 1.82) is 0 Å². The fraction of sp³-hybridized carbons (Fsp3) is 0.385. The summed E-state index contributed by atoms with van der Waals surface area (Å²) in [6.45, 7) is 4.77. The number of alkyl carbamates (subject to hydrolysis) is 2. The number of fused-ring (bicyclic) bond motifs is 6. The van der Waals surface area contributed by atoms with Crippen molar-refractivity contribution in [2.45, 2.75) is 69.9 Å². The molecule has 4 amide bonds. The maximum absolute atomic E-state index is 14.2. The SMILES string of the molecule is CNc1c(/C=N/[C@@H]2C[C@H](COC)CN2C(=O)[C@H](NC(=O)OC)c2ccccc2)ccc2cc(-c3ccc4c(ccc5nc([C@@H]6[C@@H]7CC[C@@H](C7)N6C(=O)[C@@H](NC(=O)OC)C(C)C)[nH]c54)c3)ccc12. The number of nitrogens with zero attached hydrogens (tertiary/aromatic N) is 4. The lowest BCUT2D eigenvalue weighted by Crippen LogP contribution is -2.54. The summed E-state index contributed by atoms with van der Waals surface area (Å²) >= 11 is 0. The smallest absolute Gasteiger partial charge is 0.407 e. The predicted molar refractivity (Wildman–Crippen MR) is 259 cm³/mol. The van der Waals surface area contributed by atoms with Crippen LogP contribution < -0.4 is 16.0 Å². The number of nitrogens with one attached hydrogen (secondary N) is 4. The number of hydrogen-bond acceptors (Lipinski definition) is 10. The number of anilines is 1. The van der Waals surface area contributed by atoms with Crippen LogP contribution >= 0.6 is 0 Å². The van der Waals surface area contributed by atoms with Gasteiger partial charge < -0.3 is 44.9 Å². The number of amides is 4. The first-order valence-electron chi connectivity index (χ1n) is 23.1. The zero-order valence-corrected chi connectivity index (χ0v) is 38.7. The number of imidazole rings is 1. The van der Waals surface area contributed by atoms with Crippen LogP contribution in [0.5, 0.6) is 0 Å². The Kier molecular flexibility index (Phi) is 12.9. The molecule has 348 valence electrons. The van der Waals surface area contributed by atoms with Gasteiger partial charge in [-0.3, -0.25) is 14.6 Å². The van der Waals surface area contributed by atoms with Crippen molar-refractivity contribution in [1.82, 2.24) is 30.4 Å². The quantitative estimate of drug-likeness (QED) is 0.0829. The molecule has 3 heterocycles. The summed E-state index contributed by atoms with van der Waals surface area (Å²) in [5.41, 5.74) is 6.35. The van der Waals surface area contributed by atoms with E-state index in [2.05, 4.69) is 69.5 Å². The Bertz CT molecular complexity index is 2860. The molecule has 9 rings (SSSR count). The molecule has 5 aromatic carbocycles. The van der Waals surface area contributed by atoms with E-state index in [9.17, 15) is 19.2 Å². The number of methoxy groups -OCH3 is 3. The second-order valence-corrected chi connectivity index (χ2v) is 18.3. The minimum atomic E-state index is -0.943.